The highest BCUT2D eigenvalue weighted by Crippen LogP contribution is 2.30. The first-order chi connectivity index (χ1) is 9.24. The molecule has 2 aromatic heterocycles. The summed E-state index contributed by atoms with van der Waals surface area (Å²) in [4.78, 5) is 11.8. The lowest BCUT2D eigenvalue weighted by Gasteiger charge is -1.93. The molecule has 19 heavy (non-hydrogen) atoms. The molecule has 0 bridgehead atoms. The zero-order valence-corrected chi connectivity index (χ0v) is 10.9. The van der Waals surface area contributed by atoms with Crippen LogP contribution in [0.3, 0.4) is 0 Å². The van der Waals surface area contributed by atoms with Gasteiger partial charge >= 0.3 is 0 Å². The second-order valence-electron chi connectivity index (χ2n) is 4.13. The van der Waals surface area contributed by atoms with Crippen molar-refractivity contribution in [1.29, 1.82) is 0 Å². The molecule has 0 saturated carbocycles. The fourth-order valence-corrected chi connectivity index (χ4v) is 2.76. The number of nitrogens with two attached hydrogens (primary N) is 2. The van der Waals surface area contributed by atoms with Crippen molar-refractivity contribution in [2.75, 3.05) is 0 Å². The summed E-state index contributed by atoms with van der Waals surface area (Å²) in [6.45, 7) is 0.418. The van der Waals surface area contributed by atoms with E-state index in [0.29, 0.717) is 6.54 Å². The second-order valence-corrected chi connectivity index (χ2v) is 4.99. The first-order valence-corrected chi connectivity index (χ1v) is 6.68. The van der Waals surface area contributed by atoms with Crippen molar-refractivity contribution in [3.8, 4) is 10.6 Å². The lowest BCUT2D eigenvalue weighted by molar-refractivity contribution is 1.00. The van der Waals surface area contributed by atoms with Crippen LogP contribution in [0.2, 0.25) is 0 Å². The molecule has 5 N–H and O–H groups in total. The Balaban J connectivity index is 1.96. The van der Waals surface area contributed by atoms with Crippen molar-refractivity contribution in [2.24, 2.45) is 16.5 Å². The molecule has 0 unspecified atom stereocenters. The minimum atomic E-state index is 0.0849. The number of thiazole rings is 1. The molecule has 1 aromatic carbocycles. The molecule has 0 atom stereocenters. The molecule has 96 valence electrons. The Labute approximate surface area is 114 Å². The predicted molar refractivity (Wildman–Crippen MR) is 78.9 cm³/mol. The Morgan fingerprint density at radius 2 is 2.16 bits per heavy atom. The molecule has 0 aliphatic carbocycles. The number of nitrogens with zero attached hydrogens (tertiary/aromatic N) is 2. The number of aliphatic imine (C=N–C) groups is 1. The summed E-state index contributed by atoms with van der Waals surface area (Å²) in [7, 11) is 0. The van der Waals surface area contributed by atoms with E-state index in [1.165, 1.54) is 5.39 Å². The molecule has 6 heteroatoms. The number of aromatic nitrogens is 2. The lowest BCUT2D eigenvalue weighted by Crippen LogP contribution is -2.22. The van der Waals surface area contributed by atoms with Crippen LogP contribution in [0, 0.1) is 0 Å². The van der Waals surface area contributed by atoms with E-state index >= 15 is 0 Å². The standard InChI is InChI=1S/C13H13N5S/c14-13(15)17-5-8-7-19-12(18-8)10-6-16-11-4-2-1-3-9(10)11/h1-4,6-7,16H,5H2,(H4,14,15,17). The molecule has 0 aliphatic rings. The molecule has 0 fully saturated rings. The van der Waals surface area contributed by atoms with Crippen LogP contribution < -0.4 is 11.5 Å². The third-order valence-corrected chi connectivity index (χ3v) is 3.72. The minimum absolute atomic E-state index is 0.0849. The van der Waals surface area contributed by atoms with Gasteiger partial charge in [-0.15, -0.1) is 11.3 Å². The van der Waals surface area contributed by atoms with Gasteiger partial charge in [0.1, 0.15) is 5.01 Å². The van der Waals surface area contributed by atoms with E-state index < -0.39 is 0 Å². The first kappa shape index (κ1) is 11.7. The number of H-pyrrole nitrogens is 1. The monoisotopic (exact) mass is 271 g/mol. The van der Waals surface area contributed by atoms with Gasteiger partial charge in [0.15, 0.2) is 5.96 Å². The Kier molecular flexibility index (Phi) is 2.92. The SMILES string of the molecule is NC(N)=NCc1csc(-c2c[nH]c3ccccc23)n1. The fraction of sp³-hybridized carbons (Fsp3) is 0.0769. The maximum atomic E-state index is 5.31. The van der Waals surface area contributed by atoms with E-state index in [1.54, 1.807) is 11.3 Å². The summed E-state index contributed by atoms with van der Waals surface area (Å²) in [6.07, 6.45) is 1.98. The summed E-state index contributed by atoms with van der Waals surface area (Å²) in [5.41, 5.74) is 13.7. The van der Waals surface area contributed by atoms with Crippen LogP contribution in [0.5, 0.6) is 0 Å². The van der Waals surface area contributed by atoms with E-state index in [0.717, 1.165) is 21.8 Å². The van der Waals surface area contributed by atoms with Gasteiger partial charge in [0, 0.05) is 28.0 Å². The van der Waals surface area contributed by atoms with Gasteiger partial charge in [0.25, 0.3) is 0 Å². The van der Waals surface area contributed by atoms with Crippen molar-refractivity contribution in [3.63, 3.8) is 0 Å². The third-order valence-electron chi connectivity index (χ3n) is 2.80. The summed E-state index contributed by atoms with van der Waals surface area (Å²) in [5, 5.41) is 4.12. The van der Waals surface area contributed by atoms with Gasteiger partial charge in [-0.2, -0.15) is 0 Å². The molecule has 3 rings (SSSR count). The number of fused-ring (bicyclic) bond motifs is 1. The van der Waals surface area contributed by atoms with Crippen molar-refractivity contribution < 1.29 is 0 Å². The second kappa shape index (κ2) is 4.74. The average Bonchev–Trinajstić information content (AvgIpc) is 3.02. The number of benzene rings is 1. The Hall–Kier alpha value is -2.34. The Morgan fingerprint density at radius 3 is 3.00 bits per heavy atom. The summed E-state index contributed by atoms with van der Waals surface area (Å²) < 4.78 is 0. The average molecular weight is 271 g/mol. The molecule has 0 aliphatic heterocycles. The minimum Gasteiger partial charge on any atom is -0.370 e. The molecule has 3 aromatic rings. The van der Waals surface area contributed by atoms with Gasteiger partial charge in [-0.25, -0.2) is 9.98 Å². The number of para-hydroxylation sites is 1. The number of aromatic amines is 1. The van der Waals surface area contributed by atoms with Gasteiger partial charge in [-0.3, -0.25) is 0 Å². The number of nitrogens with one attached hydrogen (secondary N) is 1. The molecular weight excluding hydrogens is 258 g/mol. The molecular formula is C13H13N5S. The number of hydrogen-bond donors (Lipinski definition) is 3. The smallest absolute Gasteiger partial charge is 0.186 e. The van der Waals surface area contributed by atoms with Gasteiger partial charge in [0.2, 0.25) is 0 Å². The molecule has 2 heterocycles. The van der Waals surface area contributed by atoms with E-state index in [9.17, 15) is 0 Å². The van der Waals surface area contributed by atoms with Gasteiger partial charge in [-0.05, 0) is 6.07 Å². The van der Waals surface area contributed by atoms with Crippen LogP contribution in [0.25, 0.3) is 21.5 Å². The van der Waals surface area contributed by atoms with E-state index in [-0.39, 0.29) is 5.96 Å². The lowest BCUT2D eigenvalue weighted by atomic mass is 10.2. The molecule has 0 radical (unpaired) electrons. The highest BCUT2D eigenvalue weighted by atomic mass is 32.1. The molecule has 0 amide bonds. The van der Waals surface area contributed by atoms with E-state index in [1.807, 2.05) is 29.8 Å². The van der Waals surface area contributed by atoms with Crippen molar-refractivity contribution in [1.82, 2.24) is 9.97 Å². The summed E-state index contributed by atoms with van der Waals surface area (Å²) >= 11 is 1.59. The predicted octanol–water partition coefficient (Wildman–Crippen LogP) is 2.06. The van der Waals surface area contributed by atoms with Crippen LogP contribution in [0.4, 0.5) is 0 Å². The van der Waals surface area contributed by atoms with Crippen LogP contribution >= 0.6 is 11.3 Å². The van der Waals surface area contributed by atoms with Crippen molar-refractivity contribution >= 4 is 28.2 Å². The van der Waals surface area contributed by atoms with Gasteiger partial charge in [0.05, 0.1) is 12.2 Å². The number of hydrogen-bond acceptors (Lipinski definition) is 3. The van der Waals surface area contributed by atoms with E-state index in [4.69, 9.17) is 11.5 Å². The number of guanidine groups is 1. The van der Waals surface area contributed by atoms with Gasteiger partial charge in [-0.1, -0.05) is 18.2 Å². The first-order valence-electron chi connectivity index (χ1n) is 5.80. The normalized spacial score (nSPS) is 10.7. The summed E-state index contributed by atoms with van der Waals surface area (Å²) in [5.74, 6) is 0.0849. The highest BCUT2D eigenvalue weighted by molar-refractivity contribution is 7.13. The molecule has 5 nitrogen and oxygen atoms in total. The highest BCUT2D eigenvalue weighted by Gasteiger charge is 2.09. The maximum absolute atomic E-state index is 5.31. The van der Waals surface area contributed by atoms with Gasteiger partial charge < -0.3 is 16.5 Å². The van der Waals surface area contributed by atoms with Crippen molar-refractivity contribution in [2.45, 2.75) is 6.54 Å². The largest absolute Gasteiger partial charge is 0.370 e. The van der Waals surface area contributed by atoms with Crippen LogP contribution in [-0.2, 0) is 6.54 Å². The molecule has 0 saturated heterocycles. The molecule has 0 spiro atoms. The zero-order valence-electron chi connectivity index (χ0n) is 10.1. The zero-order chi connectivity index (χ0) is 13.2. The third kappa shape index (κ3) is 2.30. The fourth-order valence-electron chi connectivity index (χ4n) is 1.92. The number of rotatable bonds is 3. The van der Waals surface area contributed by atoms with Crippen molar-refractivity contribution in [3.05, 3.63) is 41.5 Å². The quantitative estimate of drug-likeness (QED) is 0.503. The van der Waals surface area contributed by atoms with Crippen LogP contribution in [-0.4, -0.2) is 15.9 Å². The van der Waals surface area contributed by atoms with Crippen LogP contribution in [0.1, 0.15) is 5.69 Å². The Morgan fingerprint density at radius 1 is 1.32 bits per heavy atom. The topological polar surface area (TPSA) is 93.1 Å². The maximum Gasteiger partial charge on any atom is 0.186 e. The summed E-state index contributed by atoms with van der Waals surface area (Å²) in [6, 6.07) is 8.16. The van der Waals surface area contributed by atoms with Crippen LogP contribution in [0.15, 0.2) is 40.8 Å². The van der Waals surface area contributed by atoms with E-state index in [2.05, 4.69) is 21.0 Å². The Bertz CT molecular complexity index is 736.